The number of non-ortho nitro benzene ring substituents is 2. The monoisotopic (exact) mass is 442 g/mol. The lowest BCUT2D eigenvalue weighted by molar-refractivity contribution is -0.394. The van der Waals surface area contributed by atoms with Gasteiger partial charge in [0.25, 0.3) is 17.3 Å². The quantitative estimate of drug-likeness (QED) is 0.278. The normalized spacial score (nSPS) is 10.9. The Bertz CT molecular complexity index is 760. The number of alkyl carbamates (subject to hydrolysis) is 1. The number of rotatable bonds is 12. The van der Waals surface area contributed by atoms with E-state index in [0.717, 1.165) is 18.2 Å². The van der Waals surface area contributed by atoms with Crippen LogP contribution in [0.25, 0.3) is 0 Å². The van der Waals surface area contributed by atoms with E-state index >= 15 is 0 Å². The zero-order valence-electron chi connectivity index (χ0n) is 17.5. The van der Waals surface area contributed by atoms with Gasteiger partial charge in [-0.05, 0) is 20.8 Å². The minimum Gasteiger partial charge on any atom is -0.444 e. The molecule has 0 saturated heterocycles. The smallest absolute Gasteiger partial charge is 0.407 e. The van der Waals surface area contributed by atoms with Gasteiger partial charge in [-0.25, -0.2) is 4.79 Å². The predicted molar refractivity (Wildman–Crippen MR) is 108 cm³/mol. The van der Waals surface area contributed by atoms with E-state index < -0.39 is 38.8 Å². The van der Waals surface area contributed by atoms with Crippen molar-refractivity contribution in [1.82, 2.24) is 10.6 Å². The van der Waals surface area contributed by atoms with Crippen molar-refractivity contribution in [2.45, 2.75) is 26.4 Å². The Labute approximate surface area is 178 Å². The summed E-state index contributed by atoms with van der Waals surface area (Å²) >= 11 is 0. The first-order valence-corrected chi connectivity index (χ1v) is 9.34. The predicted octanol–water partition coefficient (Wildman–Crippen LogP) is 1.79. The summed E-state index contributed by atoms with van der Waals surface area (Å²) < 4.78 is 15.6. The Balaban J connectivity index is 2.21. The molecular weight excluding hydrogens is 416 g/mol. The summed E-state index contributed by atoms with van der Waals surface area (Å²) in [5.74, 6) is -0.695. The molecule has 0 bridgehead atoms. The highest BCUT2D eigenvalue weighted by Gasteiger charge is 2.19. The van der Waals surface area contributed by atoms with E-state index in [9.17, 15) is 29.8 Å². The first kappa shape index (κ1) is 25.7. The molecule has 0 aliphatic heterocycles. The highest BCUT2D eigenvalue weighted by atomic mass is 16.6. The van der Waals surface area contributed by atoms with Crippen molar-refractivity contribution < 1.29 is 33.6 Å². The van der Waals surface area contributed by atoms with Gasteiger partial charge in [0.15, 0.2) is 0 Å². The van der Waals surface area contributed by atoms with Crippen molar-refractivity contribution >= 4 is 23.4 Å². The molecule has 1 aromatic carbocycles. The number of carbonyl (C=O) groups is 2. The van der Waals surface area contributed by atoms with E-state index in [2.05, 4.69) is 10.6 Å². The number of hydrogen-bond acceptors (Lipinski definition) is 9. The van der Waals surface area contributed by atoms with Crippen LogP contribution in [0.2, 0.25) is 0 Å². The van der Waals surface area contributed by atoms with Gasteiger partial charge in [-0.15, -0.1) is 0 Å². The van der Waals surface area contributed by atoms with Crippen LogP contribution in [0.4, 0.5) is 16.2 Å². The van der Waals surface area contributed by atoms with Crippen LogP contribution in [-0.4, -0.2) is 67.0 Å². The van der Waals surface area contributed by atoms with Crippen LogP contribution in [0.3, 0.4) is 0 Å². The molecule has 0 aromatic heterocycles. The maximum absolute atomic E-state index is 12.1. The third-order valence-corrected chi connectivity index (χ3v) is 3.40. The first-order valence-electron chi connectivity index (χ1n) is 9.34. The van der Waals surface area contributed by atoms with Gasteiger partial charge in [-0.1, -0.05) is 0 Å². The van der Waals surface area contributed by atoms with Gasteiger partial charge < -0.3 is 24.8 Å². The second kappa shape index (κ2) is 12.4. The van der Waals surface area contributed by atoms with E-state index in [1.54, 1.807) is 20.8 Å². The van der Waals surface area contributed by atoms with E-state index in [0.29, 0.717) is 0 Å². The lowest BCUT2D eigenvalue weighted by atomic mass is 10.1. The lowest BCUT2D eigenvalue weighted by Gasteiger charge is -2.19. The van der Waals surface area contributed by atoms with Crippen molar-refractivity contribution in [3.05, 3.63) is 44.0 Å². The number of nitrogens with one attached hydrogen (secondary N) is 2. The van der Waals surface area contributed by atoms with Crippen molar-refractivity contribution in [3.63, 3.8) is 0 Å². The standard InChI is InChI=1S/C18H26N4O9/c1-18(2,3)31-17(24)20-5-7-30-9-8-29-6-4-19-16(23)13-10-14(21(25)26)12-15(11-13)22(27)28/h10-12H,4-9H2,1-3H3,(H,19,23)(H,20,24). The van der Waals surface area contributed by atoms with Crippen molar-refractivity contribution in [3.8, 4) is 0 Å². The fourth-order valence-electron chi connectivity index (χ4n) is 2.14. The van der Waals surface area contributed by atoms with Gasteiger partial charge in [0.2, 0.25) is 0 Å². The minimum atomic E-state index is -0.810. The van der Waals surface area contributed by atoms with Crippen LogP contribution in [0, 0.1) is 20.2 Å². The number of carbonyl (C=O) groups excluding carboxylic acids is 2. The number of nitro benzene ring substituents is 2. The van der Waals surface area contributed by atoms with Crippen LogP contribution >= 0.6 is 0 Å². The second-order valence-electron chi connectivity index (χ2n) is 7.16. The maximum atomic E-state index is 12.1. The highest BCUT2D eigenvalue weighted by Crippen LogP contribution is 2.22. The summed E-state index contributed by atoms with van der Waals surface area (Å²) in [4.78, 5) is 43.6. The van der Waals surface area contributed by atoms with Gasteiger partial charge in [0.05, 0.1) is 47.9 Å². The third kappa shape index (κ3) is 10.9. The summed E-state index contributed by atoms with van der Waals surface area (Å²) in [5, 5.41) is 26.7. The number of hydrogen-bond donors (Lipinski definition) is 2. The van der Waals surface area contributed by atoms with Crippen molar-refractivity contribution in [2.75, 3.05) is 39.5 Å². The molecule has 0 saturated carbocycles. The number of nitro groups is 2. The Morgan fingerprint density at radius 2 is 1.35 bits per heavy atom. The van der Waals surface area contributed by atoms with Crippen LogP contribution in [0.5, 0.6) is 0 Å². The first-order chi connectivity index (χ1) is 14.5. The molecule has 0 aliphatic carbocycles. The molecule has 0 unspecified atom stereocenters. The Morgan fingerprint density at radius 3 is 1.81 bits per heavy atom. The Hall–Kier alpha value is -3.32. The molecular formula is C18H26N4O9. The topological polar surface area (TPSA) is 172 Å². The molecule has 2 N–H and O–H groups in total. The lowest BCUT2D eigenvalue weighted by Crippen LogP contribution is -2.34. The number of amides is 2. The Morgan fingerprint density at radius 1 is 0.871 bits per heavy atom. The van der Waals surface area contributed by atoms with E-state index in [-0.39, 0.29) is 45.1 Å². The molecule has 31 heavy (non-hydrogen) atoms. The van der Waals surface area contributed by atoms with Gasteiger partial charge in [-0.2, -0.15) is 0 Å². The molecule has 0 spiro atoms. The highest BCUT2D eigenvalue weighted by molar-refractivity contribution is 5.95. The fourth-order valence-corrected chi connectivity index (χ4v) is 2.14. The van der Waals surface area contributed by atoms with Gasteiger partial charge in [-0.3, -0.25) is 25.0 Å². The van der Waals surface area contributed by atoms with Gasteiger partial charge in [0, 0.05) is 25.2 Å². The molecule has 13 nitrogen and oxygen atoms in total. The molecule has 172 valence electrons. The van der Waals surface area contributed by atoms with Gasteiger partial charge >= 0.3 is 6.09 Å². The summed E-state index contributed by atoms with van der Waals surface area (Å²) in [6.45, 7) is 6.57. The number of benzene rings is 1. The molecule has 0 radical (unpaired) electrons. The van der Waals surface area contributed by atoms with Crippen LogP contribution < -0.4 is 10.6 Å². The SMILES string of the molecule is CC(C)(C)OC(=O)NCCOCCOCCNC(=O)c1cc([N+](=O)[O-])cc([N+](=O)[O-])c1. The molecule has 2 amide bonds. The molecule has 13 heteroatoms. The average Bonchev–Trinajstić information content (AvgIpc) is 2.67. The van der Waals surface area contributed by atoms with Crippen molar-refractivity contribution in [2.24, 2.45) is 0 Å². The molecule has 0 heterocycles. The summed E-state index contributed by atoms with van der Waals surface area (Å²) in [5.41, 5.74) is -1.86. The molecule has 0 aliphatic rings. The molecule has 1 aromatic rings. The fraction of sp³-hybridized carbons (Fsp3) is 0.556. The van der Waals surface area contributed by atoms with E-state index in [1.807, 2.05) is 0 Å². The number of ether oxygens (including phenoxy) is 3. The van der Waals surface area contributed by atoms with Gasteiger partial charge in [0.1, 0.15) is 5.60 Å². The zero-order valence-corrected chi connectivity index (χ0v) is 17.5. The van der Waals surface area contributed by atoms with Crippen LogP contribution in [0.15, 0.2) is 18.2 Å². The minimum absolute atomic E-state index is 0.0928. The molecule has 0 fully saturated rings. The van der Waals surface area contributed by atoms with E-state index in [1.165, 1.54) is 0 Å². The molecule has 0 atom stereocenters. The van der Waals surface area contributed by atoms with E-state index in [4.69, 9.17) is 14.2 Å². The maximum Gasteiger partial charge on any atom is 0.407 e. The van der Waals surface area contributed by atoms with Crippen LogP contribution in [-0.2, 0) is 14.2 Å². The number of nitrogens with zero attached hydrogens (tertiary/aromatic N) is 2. The summed E-state index contributed by atoms with van der Waals surface area (Å²) in [7, 11) is 0. The molecule has 1 rings (SSSR count). The van der Waals surface area contributed by atoms with Crippen LogP contribution in [0.1, 0.15) is 31.1 Å². The zero-order chi connectivity index (χ0) is 23.4. The third-order valence-electron chi connectivity index (χ3n) is 3.40. The average molecular weight is 442 g/mol. The largest absolute Gasteiger partial charge is 0.444 e. The van der Waals surface area contributed by atoms with Crippen molar-refractivity contribution in [1.29, 1.82) is 0 Å². The second-order valence-corrected chi connectivity index (χ2v) is 7.16. The summed E-state index contributed by atoms with van der Waals surface area (Å²) in [6, 6.07) is 2.70. The Kier molecular flexibility index (Phi) is 10.3. The summed E-state index contributed by atoms with van der Waals surface area (Å²) in [6.07, 6.45) is -0.530.